The summed E-state index contributed by atoms with van der Waals surface area (Å²) >= 11 is 0. The van der Waals surface area contributed by atoms with Crippen LogP contribution in [0.15, 0.2) is 29.5 Å². The summed E-state index contributed by atoms with van der Waals surface area (Å²) in [6.45, 7) is 1.49. The molecule has 1 N–H and O–H groups in total. The van der Waals surface area contributed by atoms with Gasteiger partial charge in [0.25, 0.3) is 5.56 Å². The van der Waals surface area contributed by atoms with Gasteiger partial charge in [-0.15, -0.1) is 0 Å². The van der Waals surface area contributed by atoms with Crippen molar-refractivity contribution in [1.82, 2.24) is 19.9 Å². The van der Waals surface area contributed by atoms with Crippen LogP contribution in [-0.2, 0) is 21.9 Å². The normalized spacial score (nSPS) is 20.9. The molecule has 2 aromatic heterocycles. The van der Waals surface area contributed by atoms with Crippen LogP contribution < -0.4 is 10.5 Å². The number of anilines is 1. The zero-order valence-electron chi connectivity index (χ0n) is 19.6. The third-order valence-corrected chi connectivity index (χ3v) is 6.64. The van der Waals surface area contributed by atoms with E-state index in [0.29, 0.717) is 44.6 Å². The summed E-state index contributed by atoms with van der Waals surface area (Å²) in [6, 6.07) is 0.871. The van der Waals surface area contributed by atoms with Crippen molar-refractivity contribution in [2.45, 2.75) is 50.1 Å². The third kappa shape index (κ3) is 6.40. The molecule has 1 saturated carbocycles. The number of alkyl halides is 6. The molecule has 1 aliphatic heterocycles. The number of amides is 1. The molecular formula is C23H25F6N5O3. The number of hydrogen-bond donors (Lipinski definition) is 1. The molecule has 1 aliphatic carbocycles. The predicted octanol–water partition coefficient (Wildman–Crippen LogP) is 3.59. The molecule has 202 valence electrons. The highest BCUT2D eigenvalue weighted by Crippen LogP contribution is 2.38. The zero-order valence-corrected chi connectivity index (χ0v) is 19.6. The first kappa shape index (κ1) is 26.9. The molecule has 2 aliphatic rings. The van der Waals surface area contributed by atoms with Gasteiger partial charge in [-0.05, 0) is 24.5 Å². The number of H-pyrrole nitrogens is 1. The van der Waals surface area contributed by atoms with Crippen LogP contribution in [0.1, 0.15) is 48.3 Å². The summed E-state index contributed by atoms with van der Waals surface area (Å²) in [7, 11) is 0. The molecule has 37 heavy (non-hydrogen) atoms. The molecule has 14 heteroatoms. The van der Waals surface area contributed by atoms with E-state index in [4.69, 9.17) is 4.74 Å². The minimum atomic E-state index is -4.76. The number of aromatic amines is 1. The summed E-state index contributed by atoms with van der Waals surface area (Å²) in [4.78, 5) is 37.2. The highest BCUT2D eigenvalue weighted by Gasteiger charge is 2.37. The zero-order chi connectivity index (χ0) is 26.8. The molecule has 0 aromatic carbocycles. The maximum absolute atomic E-state index is 13.1. The molecule has 2 fully saturated rings. The Kier molecular flexibility index (Phi) is 7.76. The molecular weight excluding hydrogens is 508 g/mol. The van der Waals surface area contributed by atoms with Crippen LogP contribution in [0.4, 0.5) is 32.3 Å². The Hall–Kier alpha value is -3.16. The summed E-state index contributed by atoms with van der Waals surface area (Å²) in [5, 5.41) is 0. The molecule has 4 rings (SSSR count). The van der Waals surface area contributed by atoms with E-state index in [1.54, 1.807) is 9.80 Å². The maximum atomic E-state index is 13.1. The van der Waals surface area contributed by atoms with Crippen molar-refractivity contribution in [3.05, 3.63) is 51.7 Å². The second-order valence-corrected chi connectivity index (χ2v) is 9.01. The Morgan fingerprint density at radius 2 is 1.70 bits per heavy atom. The fourth-order valence-electron chi connectivity index (χ4n) is 4.67. The first-order chi connectivity index (χ1) is 17.4. The van der Waals surface area contributed by atoms with Gasteiger partial charge in [0.15, 0.2) is 0 Å². The first-order valence-corrected chi connectivity index (χ1v) is 11.8. The van der Waals surface area contributed by atoms with Crippen LogP contribution in [0.5, 0.6) is 0 Å². The standard InChI is InChI=1S/C23H25F6N5O3/c24-22(25,26)15-12-31-21(32-13-15)34-7-5-33(6-8-34)19(35)4-9-37-18-3-1-2-16(18)14-10-17(23(27,28)29)20(36)30-11-14/h10-13,16,18H,1-9H2,(H,30,36)/t16-,18?/m1/s1. The largest absolute Gasteiger partial charge is 0.421 e. The van der Waals surface area contributed by atoms with Gasteiger partial charge in [-0.3, -0.25) is 9.59 Å². The summed E-state index contributed by atoms with van der Waals surface area (Å²) < 4.78 is 83.3. The Morgan fingerprint density at radius 1 is 1.03 bits per heavy atom. The molecule has 3 heterocycles. The summed E-state index contributed by atoms with van der Waals surface area (Å²) in [5.41, 5.74) is -3.02. The van der Waals surface area contributed by atoms with Gasteiger partial charge in [-0.1, -0.05) is 6.42 Å². The number of rotatable bonds is 6. The molecule has 1 unspecified atom stereocenters. The smallest absolute Gasteiger partial charge is 0.377 e. The number of carbonyl (C=O) groups is 1. The SMILES string of the molecule is O=C(CCOC1CCC[C@@H]1c1c[nH]c(=O)c(C(F)(F)F)c1)N1CCN(c2ncc(C(F)(F)F)cn2)CC1. The number of hydrogen-bond acceptors (Lipinski definition) is 6. The maximum Gasteiger partial charge on any atom is 0.421 e. The second-order valence-electron chi connectivity index (χ2n) is 9.01. The van der Waals surface area contributed by atoms with E-state index >= 15 is 0 Å². The molecule has 0 spiro atoms. The third-order valence-electron chi connectivity index (χ3n) is 6.64. The molecule has 0 radical (unpaired) electrons. The number of nitrogens with zero attached hydrogens (tertiary/aromatic N) is 4. The van der Waals surface area contributed by atoms with Gasteiger partial charge >= 0.3 is 12.4 Å². The van der Waals surface area contributed by atoms with Crippen LogP contribution in [0, 0.1) is 0 Å². The van der Waals surface area contributed by atoms with Crippen LogP contribution >= 0.6 is 0 Å². The van der Waals surface area contributed by atoms with E-state index in [2.05, 4.69) is 15.0 Å². The van der Waals surface area contributed by atoms with Gasteiger partial charge in [-0.25, -0.2) is 9.97 Å². The molecule has 1 saturated heterocycles. The lowest BCUT2D eigenvalue weighted by Crippen LogP contribution is -2.49. The summed E-state index contributed by atoms with van der Waals surface area (Å²) in [6.07, 6.45) is -4.83. The number of carbonyl (C=O) groups excluding carboxylic acids is 1. The minimum absolute atomic E-state index is 0.0828. The number of aromatic nitrogens is 3. The van der Waals surface area contributed by atoms with Crippen molar-refractivity contribution >= 4 is 11.9 Å². The van der Waals surface area contributed by atoms with Gasteiger partial charge in [0.2, 0.25) is 11.9 Å². The van der Waals surface area contributed by atoms with Crippen molar-refractivity contribution in [2.24, 2.45) is 0 Å². The average molecular weight is 533 g/mol. The van der Waals surface area contributed by atoms with Crippen LogP contribution in [0.2, 0.25) is 0 Å². The van der Waals surface area contributed by atoms with E-state index in [-0.39, 0.29) is 36.9 Å². The highest BCUT2D eigenvalue weighted by molar-refractivity contribution is 5.76. The van der Waals surface area contributed by atoms with Crippen LogP contribution in [0.3, 0.4) is 0 Å². The van der Waals surface area contributed by atoms with E-state index in [9.17, 15) is 35.9 Å². The van der Waals surface area contributed by atoms with Gasteiger partial charge in [-0.2, -0.15) is 26.3 Å². The highest BCUT2D eigenvalue weighted by atomic mass is 19.4. The molecule has 1 amide bonds. The molecule has 2 aromatic rings. The number of nitrogens with one attached hydrogen (secondary N) is 1. The molecule has 2 atom stereocenters. The fourth-order valence-corrected chi connectivity index (χ4v) is 4.67. The lowest BCUT2D eigenvalue weighted by Gasteiger charge is -2.35. The van der Waals surface area contributed by atoms with Crippen LogP contribution in [0.25, 0.3) is 0 Å². The van der Waals surface area contributed by atoms with Gasteiger partial charge in [0.1, 0.15) is 5.56 Å². The molecule has 8 nitrogen and oxygen atoms in total. The monoisotopic (exact) mass is 533 g/mol. The van der Waals surface area contributed by atoms with Crippen molar-refractivity contribution < 1.29 is 35.9 Å². The van der Waals surface area contributed by atoms with Gasteiger partial charge in [0.05, 0.1) is 24.7 Å². The number of halogens is 6. The number of ether oxygens (including phenoxy) is 1. The van der Waals surface area contributed by atoms with E-state index in [1.165, 1.54) is 6.20 Å². The van der Waals surface area contributed by atoms with E-state index in [1.807, 2.05) is 0 Å². The van der Waals surface area contributed by atoms with E-state index in [0.717, 1.165) is 24.9 Å². The fraction of sp³-hybridized carbons (Fsp3) is 0.565. The summed E-state index contributed by atoms with van der Waals surface area (Å²) in [5.74, 6) is -0.321. The molecule has 0 bridgehead atoms. The average Bonchev–Trinajstić information content (AvgIpc) is 3.32. The lowest BCUT2D eigenvalue weighted by atomic mass is 9.96. The quantitative estimate of drug-likeness (QED) is 0.571. The number of piperazine rings is 1. The van der Waals surface area contributed by atoms with Gasteiger partial charge < -0.3 is 19.5 Å². The van der Waals surface area contributed by atoms with Crippen molar-refractivity contribution in [3.8, 4) is 0 Å². The Bertz CT molecular complexity index is 1140. The van der Waals surface area contributed by atoms with Gasteiger partial charge in [0, 0.05) is 50.7 Å². The van der Waals surface area contributed by atoms with Crippen molar-refractivity contribution in [3.63, 3.8) is 0 Å². The first-order valence-electron chi connectivity index (χ1n) is 11.8. The second kappa shape index (κ2) is 10.7. The number of pyridine rings is 1. The van der Waals surface area contributed by atoms with Crippen molar-refractivity contribution in [1.29, 1.82) is 0 Å². The lowest BCUT2D eigenvalue weighted by molar-refractivity contribution is -0.139. The minimum Gasteiger partial charge on any atom is -0.377 e. The Labute approximate surface area is 207 Å². The Balaban J connectivity index is 1.26. The topological polar surface area (TPSA) is 91.4 Å². The van der Waals surface area contributed by atoms with Crippen LogP contribution in [-0.4, -0.2) is 64.6 Å². The predicted molar refractivity (Wildman–Crippen MR) is 119 cm³/mol. The van der Waals surface area contributed by atoms with Crippen molar-refractivity contribution in [2.75, 3.05) is 37.7 Å². The van der Waals surface area contributed by atoms with E-state index < -0.39 is 29.0 Å². The Morgan fingerprint density at radius 3 is 2.32 bits per heavy atom.